The number of nitrogens with one attached hydrogen (secondary N) is 1. The maximum atomic E-state index is 12.3. The molecule has 120 valence electrons. The van der Waals surface area contributed by atoms with Gasteiger partial charge in [0.05, 0.1) is 11.9 Å². The molecule has 0 aliphatic carbocycles. The minimum Gasteiger partial charge on any atom is -0.348 e. The highest BCUT2D eigenvalue weighted by molar-refractivity contribution is 5.92. The van der Waals surface area contributed by atoms with Crippen molar-refractivity contribution in [3.63, 3.8) is 0 Å². The van der Waals surface area contributed by atoms with Crippen LogP contribution in [0.3, 0.4) is 0 Å². The van der Waals surface area contributed by atoms with E-state index in [1.54, 1.807) is 22.7 Å². The number of para-hydroxylation sites is 1. The molecule has 0 radical (unpaired) electrons. The van der Waals surface area contributed by atoms with E-state index >= 15 is 0 Å². The Bertz CT molecular complexity index is 690. The average Bonchev–Trinajstić information content (AvgIpc) is 3.06. The number of aromatic nitrogens is 3. The Labute approximate surface area is 134 Å². The SMILES string of the molecule is CC(=O)N1CCC(NC(=O)c2cn(-c3ccccc3)nn2)CC1. The Kier molecular flexibility index (Phi) is 4.36. The Morgan fingerprint density at radius 2 is 1.87 bits per heavy atom. The second kappa shape index (κ2) is 6.60. The van der Waals surface area contributed by atoms with Crippen LogP contribution in [0.1, 0.15) is 30.3 Å². The number of nitrogens with zero attached hydrogens (tertiary/aromatic N) is 4. The highest BCUT2D eigenvalue weighted by Gasteiger charge is 2.23. The Hall–Kier alpha value is -2.70. The molecule has 23 heavy (non-hydrogen) atoms. The Morgan fingerprint density at radius 3 is 2.52 bits per heavy atom. The minimum absolute atomic E-state index is 0.0694. The summed E-state index contributed by atoms with van der Waals surface area (Å²) in [5.74, 6) is -0.144. The maximum Gasteiger partial charge on any atom is 0.273 e. The lowest BCUT2D eigenvalue weighted by molar-refractivity contribution is -0.129. The lowest BCUT2D eigenvalue weighted by Crippen LogP contribution is -2.46. The van der Waals surface area contributed by atoms with E-state index in [4.69, 9.17) is 0 Å². The second-order valence-electron chi connectivity index (χ2n) is 5.64. The fraction of sp³-hybridized carbons (Fsp3) is 0.375. The van der Waals surface area contributed by atoms with Crippen LogP contribution in [0.4, 0.5) is 0 Å². The molecule has 1 saturated heterocycles. The third-order valence-electron chi connectivity index (χ3n) is 4.02. The van der Waals surface area contributed by atoms with Gasteiger partial charge in [0, 0.05) is 26.1 Å². The van der Waals surface area contributed by atoms with Gasteiger partial charge >= 0.3 is 0 Å². The van der Waals surface area contributed by atoms with E-state index in [0.29, 0.717) is 18.8 Å². The summed E-state index contributed by atoms with van der Waals surface area (Å²) in [6.45, 7) is 2.93. The molecule has 0 unspecified atom stereocenters. The molecule has 0 atom stereocenters. The first kappa shape index (κ1) is 15.2. The quantitative estimate of drug-likeness (QED) is 0.917. The first-order valence-corrected chi connectivity index (χ1v) is 7.67. The van der Waals surface area contributed by atoms with Gasteiger partial charge in [-0.3, -0.25) is 9.59 Å². The van der Waals surface area contributed by atoms with Crippen molar-refractivity contribution in [2.45, 2.75) is 25.8 Å². The average molecular weight is 313 g/mol. The fourth-order valence-corrected chi connectivity index (χ4v) is 2.67. The summed E-state index contributed by atoms with van der Waals surface area (Å²) >= 11 is 0. The lowest BCUT2D eigenvalue weighted by Gasteiger charge is -2.31. The van der Waals surface area contributed by atoms with Crippen molar-refractivity contribution in [3.05, 3.63) is 42.2 Å². The van der Waals surface area contributed by atoms with Gasteiger partial charge in [0.2, 0.25) is 5.91 Å². The molecule has 7 heteroatoms. The number of carbonyl (C=O) groups is 2. The van der Waals surface area contributed by atoms with E-state index in [1.165, 1.54) is 0 Å². The van der Waals surface area contributed by atoms with E-state index in [2.05, 4.69) is 15.6 Å². The van der Waals surface area contributed by atoms with Gasteiger partial charge in [-0.2, -0.15) is 0 Å². The van der Waals surface area contributed by atoms with Crippen LogP contribution in [0.2, 0.25) is 0 Å². The molecule has 1 aliphatic rings. The van der Waals surface area contributed by atoms with E-state index in [0.717, 1.165) is 18.5 Å². The molecular weight excluding hydrogens is 294 g/mol. The highest BCUT2D eigenvalue weighted by atomic mass is 16.2. The number of hydrogen-bond donors (Lipinski definition) is 1. The molecule has 1 aromatic carbocycles. The normalized spacial score (nSPS) is 15.4. The summed E-state index contributed by atoms with van der Waals surface area (Å²) in [5.41, 5.74) is 1.15. The summed E-state index contributed by atoms with van der Waals surface area (Å²) in [5, 5.41) is 10.9. The zero-order valence-electron chi connectivity index (χ0n) is 13.0. The number of amides is 2. The van der Waals surface area contributed by atoms with Crippen LogP contribution in [-0.2, 0) is 4.79 Å². The molecule has 1 aromatic heterocycles. The molecule has 1 aliphatic heterocycles. The van der Waals surface area contributed by atoms with E-state index < -0.39 is 0 Å². The van der Waals surface area contributed by atoms with Crippen LogP contribution in [0.5, 0.6) is 0 Å². The van der Waals surface area contributed by atoms with E-state index in [1.807, 2.05) is 30.3 Å². The minimum atomic E-state index is -0.228. The summed E-state index contributed by atoms with van der Waals surface area (Å²) in [6.07, 6.45) is 3.14. The van der Waals surface area contributed by atoms with Crippen LogP contribution in [0.25, 0.3) is 5.69 Å². The molecule has 2 aromatic rings. The van der Waals surface area contributed by atoms with Crippen molar-refractivity contribution in [2.24, 2.45) is 0 Å². The number of rotatable bonds is 3. The van der Waals surface area contributed by atoms with Gasteiger partial charge in [0.25, 0.3) is 5.91 Å². The van der Waals surface area contributed by atoms with Crippen LogP contribution in [0, 0.1) is 0 Å². The van der Waals surface area contributed by atoms with Crippen LogP contribution < -0.4 is 5.32 Å². The first-order valence-electron chi connectivity index (χ1n) is 7.67. The molecule has 0 bridgehead atoms. The number of likely N-dealkylation sites (tertiary alicyclic amines) is 1. The first-order chi connectivity index (χ1) is 11.1. The monoisotopic (exact) mass is 313 g/mol. The smallest absolute Gasteiger partial charge is 0.273 e. The van der Waals surface area contributed by atoms with Crippen LogP contribution in [-0.4, -0.2) is 50.8 Å². The van der Waals surface area contributed by atoms with Crippen molar-refractivity contribution >= 4 is 11.8 Å². The Morgan fingerprint density at radius 1 is 1.17 bits per heavy atom. The van der Waals surface area contributed by atoms with Crippen molar-refractivity contribution in [2.75, 3.05) is 13.1 Å². The van der Waals surface area contributed by atoms with Crippen molar-refractivity contribution in [1.82, 2.24) is 25.2 Å². The van der Waals surface area contributed by atoms with Gasteiger partial charge in [-0.15, -0.1) is 5.10 Å². The number of hydrogen-bond acceptors (Lipinski definition) is 4. The van der Waals surface area contributed by atoms with E-state index in [-0.39, 0.29) is 17.9 Å². The highest BCUT2D eigenvalue weighted by Crippen LogP contribution is 2.11. The molecule has 0 spiro atoms. The third kappa shape index (κ3) is 3.56. The molecule has 3 rings (SSSR count). The predicted octanol–water partition coefficient (Wildman–Crippen LogP) is 1.01. The van der Waals surface area contributed by atoms with Gasteiger partial charge in [-0.05, 0) is 25.0 Å². The molecule has 1 fully saturated rings. The van der Waals surface area contributed by atoms with Gasteiger partial charge in [-0.1, -0.05) is 23.4 Å². The predicted molar refractivity (Wildman–Crippen MR) is 84.1 cm³/mol. The summed E-state index contributed by atoms with van der Waals surface area (Å²) in [6, 6.07) is 9.59. The third-order valence-corrected chi connectivity index (χ3v) is 4.02. The standard InChI is InChI=1S/C16H19N5O2/c1-12(22)20-9-7-13(8-10-20)17-16(23)15-11-21(19-18-15)14-5-3-2-4-6-14/h2-6,11,13H,7-10H2,1H3,(H,17,23). The fourth-order valence-electron chi connectivity index (χ4n) is 2.67. The number of carbonyl (C=O) groups excluding carboxylic acids is 2. The van der Waals surface area contributed by atoms with Gasteiger partial charge < -0.3 is 10.2 Å². The zero-order chi connectivity index (χ0) is 16.2. The molecule has 7 nitrogen and oxygen atoms in total. The van der Waals surface area contributed by atoms with Gasteiger partial charge in [-0.25, -0.2) is 4.68 Å². The zero-order valence-corrected chi connectivity index (χ0v) is 13.0. The van der Waals surface area contributed by atoms with Crippen LogP contribution >= 0.6 is 0 Å². The summed E-state index contributed by atoms with van der Waals surface area (Å²) in [4.78, 5) is 25.4. The van der Waals surface area contributed by atoms with Gasteiger partial charge in [0.15, 0.2) is 5.69 Å². The molecule has 2 heterocycles. The van der Waals surface area contributed by atoms with Gasteiger partial charge in [0.1, 0.15) is 0 Å². The van der Waals surface area contributed by atoms with Crippen molar-refractivity contribution in [1.29, 1.82) is 0 Å². The maximum absolute atomic E-state index is 12.3. The summed E-state index contributed by atoms with van der Waals surface area (Å²) in [7, 11) is 0. The molecular formula is C16H19N5O2. The van der Waals surface area contributed by atoms with Crippen molar-refractivity contribution in [3.8, 4) is 5.69 Å². The molecule has 2 amide bonds. The summed E-state index contributed by atoms with van der Waals surface area (Å²) < 4.78 is 1.58. The lowest BCUT2D eigenvalue weighted by atomic mass is 10.0. The number of piperidine rings is 1. The number of benzene rings is 1. The van der Waals surface area contributed by atoms with Crippen LogP contribution in [0.15, 0.2) is 36.5 Å². The molecule has 1 N–H and O–H groups in total. The topological polar surface area (TPSA) is 80.1 Å². The second-order valence-corrected chi connectivity index (χ2v) is 5.64. The molecule has 0 saturated carbocycles. The van der Waals surface area contributed by atoms with E-state index in [9.17, 15) is 9.59 Å². The van der Waals surface area contributed by atoms with Crippen molar-refractivity contribution < 1.29 is 9.59 Å². The largest absolute Gasteiger partial charge is 0.348 e. The Balaban J connectivity index is 1.59.